The number of piperidine rings is 1. The predicted octanol–water partition coefficient (Wildman–Crippen LogP) is 2.81. The van der Waals surface area contributed by atoms with Gasteiger partial charge in [-0.3, -0.25) is 9.69 Å². The third kappa shape index (κ3) is 4.26. The van der Waals surface area contributed by atoms with Gasteiger partial charge in [0.15, 0.2) is 0 Å². The molecule has 0 spiro atoms. The van der Waals surface area contributed by atoms with Crippen molar-refractivity contribution in [3.63, 3.8) is 0 Å². The van der Waals surface area contributed by atoms with Gasteiger partial charge in [0.1, 0.15) is 5.82 Å². The number of benzene rings is 1. The molecular weight excluding hydrogens is 329 g/mol. The summed E-state index contributed by atoms with van der Waals surface area (Å²) in [7, 11) is 0. The number of halogens is 1. The summed E-state index contributed by atoms with van der Waals surface area (Å²) >= 11 is 0. The molecule has 1 unspecified atom stereocenters. The second kappa shape index (κ2) is 7.65. The summed E-state index contributed by atoms with van der Waals surface area (Å²) in [6, 6.07) is 7.00. The van der Waals surface area contributed by atoms with Crippen LogP contribution in [0.3, 0.4) is 0 Å². The van der Waals surface area contributed by atoms with Gasteiger partial charge >= 0.3 is 0 Å². The van der Waals surface area contributed by atoms with E-state index in [0.29, 0.717) is 13.1 Å². The van der Waals surface area contributed by atoms with Crippen molar-refractivity contribution in [2.45, 2.75) is 57.4 Å². The van der Waals surface area contributed by atoms with Crippen LogP contribution in [-0.4, -0.2) is 43.0 Å². The van der Waals surface area contributed by atoms with E-state index in [1.54, 1.807) is 0 Å². The van der Waals surface area contributed by atoms with Crippen molar-refractivity contribution >= 4 is 5.91 Å². The number of rotatable bonds is 5. The first-order valence-corrected chi connectivity index (χ1v) is 9.81. The molecule has 1 atom stereocenters. The number of hydrogen-bond donors (Lipinski definition) is 2. The van der Waals surface area contributed by atoms with Crippen LogP contribution >= 0.6 is 0 Å². The molecule has 26 heavy (non-hydrogen) atoms. The molecule has 1 amide bonds. The lowest BCUT2D eigenvalue weighted by Crippen LogP contribution is -2.54. The predicted molar refractivity (Wildman–Crippen MR) is 102 cm³/mol. The molecule has 1 aliphatic carbocycles. The highest BCUT2D eigenvalue weighted by molar-refractivity contribution is 5.78. The van der Waals surface area contributed by atoms with Gasteiger partial charge in [-0.1, -0.05) is 38.8 Å². The Hall–Kier alpha value is -1.46. The zero-order valence-electron chi connectivity index (χ0n) is 16.1. The third-order valence-corrected chi connectivity index (χ3v) is 6.40. The Morgan fingerprint density at radius 1 is 1.27 bits per heavy atom. The maximum atomic E-state index is 13.3. The van der Waals surface area contributed by atoms with Crippen molar-refractivity contribution in [3.8, 4) is 0 Å². The van der Waals surface area contributed by atoms with E-state index in [1.807, 2.05) is 12.1 Å². The summed E-state index contributed by atoms with van der Waals surface area (Å²) in [5.74, 6) is -0.137. The first kappa shape index (κ1) is 19.3. The Bertz CT molecular complexity index is 623. The standard InChI is InChI=1S/C21H32FN3O/c1-20(2)15-25(12-9-18(20)23)13-19(26)24-14-21(10-3-4-11-21)16-5-7-17(22)8-6-16/h5-8,18H,3-4,9-15,23H2,1-2H3,(H,24,26). The first-order chi connectivity index (χ1) is 12.3. The second-order valence-corrected chi connectivity index (χ2v) is 8.87. The van der Waals surface area contributed by atoms with Crippen LogP contribution in [-0.2, 0) is 10.2 Å². The summed E-state index contributed by atoms with van der Waals surface area (Å²) in [5.41, 5.74) is 7.32. The summed E-state index contributed by atoms with van der Waals surface area (Å²) in [6.45, 7) is 7.13. The fraction of sp³-hybridized carbons (Fsp3) is 0.667. The number of nitrogens with zero attached hydrogens (tertiary/aromatic N) is 1. The monoisotopic (exact) mass is 361 g/mol. The van der Waals surface area contributed by atoms with Crippen molar-refractivity contribution in [2.75, 3.05) is 26.2 Å². The second-order valence-electron chi connectivity index (χ2n) is 8.87. The Balaban J connectivity index is 1.58. The van der Waals surface area contributed by atoms with E-state index in [4.69, 9.17) is 5.73 Å². The molecule has 1 saturated carbocycles. The van der Waals surface area contributed by atoms with Crippen LogP contribution in [0.2, 0.25) is 0 Å². The molecule has 144 valence electrons. The van der Waals surface area contributed by atoms with Gasteiger partial charge in [-0.2, -0.15) is 0 Å². The van der Waals surface area contributed by atoms with Crippen LogP contribution in [0.25, 0.3) is 0 Å². The van der Waals surface area contributed by atoms with E-state index in [1.165, 1.54) is 12.1 Å². The number of nitrogens with one attached hydrogen (secondary N) is 1. The molecule has 3 N–H and O–H groups in total. The van der Waals surface area contributed by atoms with Crippen LogP contribution in [0.15, 0.2) is 24.3 Å². The summed E-state index contributed by atoms with van der Waals surface area (Å²) < 4.78 is 13.3. The van der Waals surface area contributed by atoms with Crippen LogP contribution in [0, 0.1) is 11.2 Å². The molecule has 1 aliphatic heterocycles. The van der Waals surface area contributed by atoms with Gasteiger partial charge in [0, 0.05) is 31.1 Å². The molecule has 0 aromatic heterocycles. The zero-order valence-corrected chi connectivity index (χ0v) is 16.1. The topological polar surface area (TPSA) is 58.4 Å². The number of nitrogens with two attached hydrogens (primary N) is 1. The Kier molecular flexibility index (Phi) is 5.68. The van der Waals surface area contributed by atoms with Gasteiger partial charge in [-0.05, 0) is 42.4 Å². The van der Waals surface area contributed by atoms with E-state index in [0.717, 1.165) is 50.8 Å². The minimum Gasteiger partial charge on any atom is -0.354 e. The summed E-state index contributed by atoms with van der Waals surface area (Å²) in [6.07, 6.45) is 5.34. The van der Waals surface area contributed by atoms with Crippen LogP contribution in [0.5, 0.6) is 0 Å². The molecule has 4 nitrogen and oxygen atoms in total. The largest absolute Gasteiger partial charge is 0.354 e. The molecule has 5 heteroatoms. The molecule has 1 aromatic carbocycles. The lowest BCUT2D eigenvalue weighted by atomic mass is 9.78. The lowest BCUT2D eigenvalue weighted by Gasteiger charge is -2.42. The molecule has 1 aromatic rings. The van der Waals surface area contributed by atoms with Crippen LogP contribution < -0.4 is 11.1 Å². The molecule has 0 bridgehead atoms. The van der Waals surface area contributed by atoms with E-state index >= 15 is 0 Å². The molecule has 2 fully saturated rings. The number of carbonyl (C=O) groups is 1. The molecule has 2 aliphatic rings. The highest BCUT2D eigenvalue weighted by Gasteiger charge is 2.37. The maximum absolute atomic E-state index is 13.3. The third-order valence-electron chi connectivity index (χ3n) is 6.40. The van der Waals surface area contributed by atoms with Gasteiger partial charge in [-0.25, -0.2) is 4.39 Å². The Morgan fingerprint density at radius 2 is 1.92 bits per heavy atom. The van der Waals surface area contributed by atoms with Gasteiger partial charge < -0.3 is 11.1 Å². The number of hydrogen-bond acceptors (Lipinski definition) is 3. The molecule has 0 radical (unpaired) electrons. The molecule has 1 saturated heterocycles. The molecular formula is C21H32FN3O. The van der Waals surface area contributed by atoms with Crippen molar-refractivity contribution in [1.29, 1.82) is 0 Å². The van der Waals surface area contributed by atoms with Gasteiger partial charge in [0.25, 0.3) is 0 Å². The molecule has 3 rings (SSSR count). The molecule has 1 heterocycles. The summed E-state index contributed by atoms with van der Waals surface area (Å²) in [5, 5.41) is 3.16. The van der Waals surface area contributed by atoms with Crippen molar-refractivity contribution in [3.05, 3.63) is 35.6 Å². The van der Waals surface area contributed by atoms with E-state index in [9.17, 15) is 9.18 Å². The number of amides is 1. The summed E-state index contributed by atoms with van der Waals surface area (Å²) in [4.78, 5) is 14.8. The Labute approximate surface area is 156 Å². The lowest BCUT2D eigenvalue weighted by molar-refractivity contribution is -0.123. The quantitative estimate of drug-likeness (QED) is 0.848. The fourth-order valence-corrected chi connectivity index (χ4v) is 4.57. The van der Waals surface area contributed by atoms with E-state index < -0.39 is 0 Å². The maximum Gasteiger partial charge on any atom is 0.234 e. The highest BCUT2D eigenvalue weighted by atomic mass is 19.1. The smallest absolute Gasteiger partial charge is 0.234 e. The van der Waals surface area contributed by atoms with E-state index in [2.05, 4.69) is 24.1 Å². The number of likely N-dealkylation sites (tertiary alicyclic amines) is 1. The van der Waals surface area contributed by atoms with Crippen LogP contribution in [0.4, 0.5) is 4.39 Å². The average molecular weight is 362 g/mol. The van der Waals surface area contributed by atoms with Gasteiger partial charge in [0.05, 0.1) is 6.54 Å². The van der Waals surface area contributed by atoms with Crippen molar-refractivity contribution < 1.29 is 9.18 Å². The highest BCUT2D eigenvalue weighted by Crippen LogP contribution is 2.40. The SMILES string of the molecule is CC1(C)CN(CC(=O)NCC2(c3ccc(F)cc3)CCCC2)CCC1N. The van der Waals surface area contributed by atoms with Crippen molar-refractivity contribution in [1.82, 2.24) is 10.2 Å². The van der Waals surface area contributed by atoms with Crippen LogP contribution in [0.1, 0.15) is 51.5 Å². The van der Waals surface area contributed by atoms with E-state index in [-0.39, 0.29) is 28.6 Å². The first-order valence-electron chi connectivity index (χ1n) is 9.81. The zero-order chi connectivity index (χ0) is 18.8. The van der Waals surface area contributed by atoms with Gasteiger partial charge in [0.2, 0.25) is 5.91 Å². The minimum atomic E-state index is -0.211. The van der Waals surface area contributed by atoms with Gasteiger partial charge in [-0.15, -0.1) is 0 Å². The normalized spacial score (nSPS) is 25.2. The average Bonchev–Trinajstić information content (AvgIpc) is 3.07. The Morgan fingerprint density at radius 3 is 2.54 bits per heavy atom. The fourth-order valence-electron chi connectivity index (χ4n) is 4.57. The minimum absolute atomic E-state index is 0.0410. The van der Waals surface area contributed by atoms with Crippen molar-refractivity contribution in [2.24, 2.45) is 11.1 Å². The number of carbonyl (C=O) groups excluding carboxylic acids is 1.